The lowest BCUT2D eigenvalue weighted by Gasteiger charge is -2.45. The third-order valence-electron chi connectivity index (χ3n) is 6.50. The Kier molecular flexibility index (Phi) is 7.61. The number of nitrogens with zero attached hydrogens (tertiary/aromatic N) is 1. The van der Waals surface area contributed by atoms with Crippen LogP contribution in [0.25, 0.3) is 10.5 Å². The van der Waals surface area contributed by atoms with Crippen molar-refractivity contribution in [2.75, 3.05) is 11.5 Å². The Morgan fingerprint density at radius 1 is 0.895 bits per heavy atom. The Morgan fingerprint density at radius 3 is 2.21 bits per heavy atom. The molecule has 38 heavy (non-hydrogen) atoms. The summed E-state index contributed by atoms with van der Waals surface area (Å²) >= 11 is 9.08. The summed E-state index contributed by atoms with van der Waals surface area (Å²) in [4.78, 5) is 30.7. The number of thioether (sulfide) groups is 2. The van der Waals surface area contributed by atoms with Gasteiger partial charge in [0.15, 0.2) is 0 Å². The lowest BCUT2D eigenvalue weighted by Crippen LogP contribution is -2.56. The first-order valence-corrected chi connectivity index (χ1v) is 14.4. The van der Waals surface area contributed by atoms with Gasteiger partial charge in [-0.15, -0.1) is 0 Å². The number of fused-ring (bicyclic) bond motifs is 1. The first kappa shape index (κ1) is 26.5. The maximum Gasteiger partial charge on any atom is 0.346 e. The van der Waals surface area contributed by atoms with E-state index in [9.17, 15) is 9.59 Å². The van der Waals surface area contributed by atoms with Gasteiger partial charge < -0.3 is 9.64 Å². The Hall–Kier alpha value is -3.13. The van der Waals surface area contributed by atoms with E-state index in [4.69, 9.17) is 17.0 Å². The molecule has 2 heterocycles. The molecule has 2 aliphatic rings. The van der Waals surface area contributed by atoms with E-state index in [1.807, 2.05) is 111 Å². The number of anilines is 1. The zero-order chi connectivity index (χ0) is 26.9. The van der Waals surface area contributed by atoms with Crippen LogP contribution < -0.4 is 4.90 Å². The normalized spacial score (nSPS) is 18.4. The average Bonchev–Trinajstić information content (AvgIpc) is 3.36. The fourth-order valence-electron chi connectivity index (χ4n) is 4.72. The molecule has 0 bridgehead atoms. The minimum absolute atomic E-state index is 0.0120. The molecule has 0 radical (unpaired) electrons. The molecule has 0 unspecified atom stereocenters. The fourth-order valence-corrected chi connectivity index (χ4v) is 7.85. The highest BCUT2D eigenvalue weighted by Crippen LogP contribution is 2.58. The molecule has 1 amide bonds. The summed E-state index contributed by atoms with van der Waals surface area (Å²) in [5.74, 6) is -0.351. The number of esters is 1. The zero-order valence-corrected chi connectivity index (χ0v) is 23.8. The molecule has 0 atom stereocenters. The average molecular weight is 558 g/mol. The van der Waals surface area contributed by atoms with Crippen LogP contribution in [0.1, 0.15) is 37.5 Å². The lowest BCUT2D eigenvalue weighted by molar-refractivity contribution is -0.137. The van der Waals surface area contributed by atoms with Gasteiger partial charge in [-0.1, -0.05) is 115 Å². The van der Waals surface area contributed by atoms with E-state index in [1.54, 1.807) is 11.8 Å². The number of ether oxygens (including phenoxy) is 1. The molecule has 7 heteroatoms. The third kappa shape index (κ3) is 4.86. The van der Waals surface area contributed by atoms with E-state index in [-0.39, 0.29) is 18.3 Å². The maximum absolute atomic E-state index is 13.7. The number of benzene rings is 3. The molecule has 5 rings (SSSR count). The molecule has 3 aromatic carbocycles. The molecule has 0 fully saturated rings. The standard InChI is InChI=1S/C31H27NO3S3/c1-4-35-29(34)27-26(21-15-9-6-10-16-21)37-30(38-27)25-22-17-11-12-18-23(22)32(31(2,3)28(25)36)24(33)19-20-13-7-5-8-14-20/h5-18H,4,19H2,1-3H3. The molecule has 0 aromatic heterocycles. The van der Waals surface area contributed by atoms with Crippen LogP contribution in [-0.2, 0) is 20.7 Å². The predicted molar refractivity (Wildman–Crippen MR) is 163 cm³/mol. The van der Waals surface area contributed by atoms with Gasteiger partial charge >= 0.3 is 5.97 Å². The quantitative estimate of drug-likeness (QED) is 0.184. The third-order valence-corrected chi connectivity index (χ3v) is 9.83. The van der Waals surface area contributed by atoms with Crippen LogP contribution >= 0.6 is 35.7 Å². The summed E-state index contributed by atoms with van der Waals surface area (Å²) in [5, 5.41) is 0. The van der Waals surface area contributed by atoms with Gasteiger partial charge in [0, 0.05) is 16.0 Å². The van der Waals surface area contributed by atoms with Gasteiger partial charge in [-0.05, 0) is 38.0 Å². The van der Waals surface area contributed by atoms with Crippen LogP contribution in [-0.4, -0.2) is 28.9 Å². The largest absolute Gasteiger partial charge is 0.462 e. The summed E-state index contributed by atoms with van der Waals surface area (Å²) < 4.78 is 6.34. The molecular formula is C31H27NO3S3. The summed E-state index contributed by atoms with van der Waals surface area (Å²) in [6.45, 7) is 6.10. The van der Waals surface area contributed by atoms with Crippen LogP contribution in [0.4, 0.5) is 5.69 Å². The minimum atomic E-state index is -0.751. The van der Waals surface area contributed by atoms with Crippen molar-refractivity contribution in [2.24, 2.45) is 0 Å². The molecule has 0 spiro atoms. The highest BCUT2D eigenvalue weighted by molar-refractivity contribution is 8.32. The molecule has 192 valence electrons. The van der Waals surface area contributed by atoms with E-state index in [1.165, 1.54) is 11.8 Å². The monoisotopic (exact) mass is 557 g/mol. The van der Waals surface area contributed by atoms with Gasteiger partial charge in [0.05, 0.1) is 33.4 Å². The Bertz CT molecular complexity index is 1480. The molecule has 4 nitrogen and oxygen atoms in total. The van der Waals surface area contributed by atoms with Crippen LogP contribution in [0.3, 0.4) is 0 Å². The van der Waals surface area contributed by atoms with Gasteiger partial charge in [-0.3, -0.25) is 4.79 Å². The highest BCUT2D eigenvalue weighted by atomic mass is 32.2. The van der Waals surface area contributed by atoms with Crippen LogP contribution in [0, 0.1) is 0 Å². The fraction of sp³-hybridized carbons (Fsp3) is 0.194. The number of amides is 1. The van der Waals surface area contributed by atoms with Crippen molar-refractivity contribution in [3.63, 3.8) is 0 Å². The van der Waals surface area contributed by atoms with Crippen molar-refractivity contribution >= 4 is 68.6 Å². The van der Waals surface area contributed by atoms with Gasteiger partial charge in [-0.25, -0.2) is 4.79 Å². The van der Waals surface area contributed by atoms with Crippen molar-refractivity contribution in [1.29, 1.82) is 0 Å². The molecule has 0 N–H and O–H groups in total. The molecule has 2 aliphatic heterocycles. The van der Waals surface area contributed by atoms with Crippen molar-refractivity contribution in [1.82, 2.24) is 0 Å². The second-order valence-electron chi connectivity index (χ2n) is 9.41. The highest BCUT2D eigenvalue weighted by Gasteiger charge is 2.45. The molecular weight excluding hydrogens is 531 g/mol. The van der Waals surface area contributed by atoms with Crippen molar-refractivity contribution in [3.05, 3.63) is 111 Å². The number of thiocarbonyl (C=S) groups is 1. The second kappa shape index (κ2) is 10.9. The van der Waals surface area contributed by atoms with Crippen LogP contribution in [0.2, 0.25) is 0 Å². The number of carbonyl (C=O) groups excluding carboxylic acids is 2. The number of hydrogen-bond donors (Lipinski definition) is 0. The molecule has 0 saturated heterocycles. The number of carbonyl (C=O) groups is 2. The molecule has 0 saturated carbocycles. The van der Waals surface area contributed by atoms with Gasteiger partial charge in [0.2, 0.25) is 5.91 Å². The SMILES string of the molecule is CCOC(=O)C1=C(c2ccccc2)SC(=C2C(=S)C(C)(C)N(C(=O)Cc3ccccc3)c3ccccc32)S1. The van der Waals surface area contributed by atoms with Crippen LogP contribution in [0.5, 0.6) is 0 Å². The molecule has 0 aliphatic carbocycles. The number of rotatable bonds is 5. The smallest absolute Gasteiger partial charge is 0.346 e. The van der Waals surface area contributed by atoms with Crippen molar-refractivity contribution in [2.45, 2.75) is 32.7 Å². The van der Waals surface area contributed by atoms with E-state index < -0.39 is 5.54 Å². The van der Waals surface area contributed by atoms with Crippen LogP contribution in [0.15, 0.2) is 94.1 Å². The maximum atomic E-state index is 13.7. The Balaban J connectivity index is 1.61. The topological polar surface area (TPSA) is 46.6 Å². The van der Waals surface area contributed by atoms with E-state index in [0.29, 0.717) is 16.4 Å². The van der Waals surface area contributed by atoms with Gasteiger partial charge in [0.25, 0.3) is 0 Å². The minimum Gasteiger partial charge on any atom is -0.462 e. The van der Waals surface area contributed by atoms with Gasteiger partial charge in [-0.2, -0.15) is 0 Å². The summed E-state index contributed by atoms with van der Waals surface area (Å²) in [5.41, 5.74) is 3.77. The van der Waals surface area contributed by atoms with E-state index in [0.717, 1.165) is 37.1 Å². The summed E-state index contributed by atoms with van der Waals surface area (Å²) in [6, 6.07) is 27.5. The zero-order valence-electron chi connectivity index (χ0n) is 21.4. The first-order valence-electron chi connectivity index (χ1n) is 12.4. The van der Waals surface area contributed by atoms with Crippen molar-refractivity contribution in [3.8, 4) is 0 Å². The van der Waals surface area contributed by atoms with Crippen molar-refractivity contribution < 1.29 is 14.3 Å². The predicted octanol–water partition coefficient (Wildman–Crippen LogP) is 7.50. The number of hydrogen-bond acceptors (Lipinski definition) is 6. The van der Waals surface area contributed by atoms with E-state index >= 15 is 0 Å². The van der Waals surface area contributed by atoms with E-state index in [2.05, 4.69) is 0 Å². The molecule has 3 aromatic rings. The lowest BCUT2D eigenvalue weighted by atomic mass is 9.83. The summed E-state index contributed by atoms with van der Waals surface area (Å²) in [7, 11) is 0. The summed E-state index contributed by atoms with van der Waals surface area (Å²) in [6.07, 6.45) is 0.281. The second-order valence-corrected chi connectivity index (χ2v) is 12.1. The Morgan fingerprint density at radius 2 is 1.53 bits per heavy atom. The Labute approximate surface area is 237 Å². The first-order chi connectivity index (χ1) is 18.3. The number of para-hydroxylation sites is 1. The van der Waals surface area contributed by atoms with Gasteiger partial charge in [0.1, 0.15) is 4.91 Å².